The zero-order valence-corrected chi connectivity index (χ0v) is 12.2. The van der Waals surface area contributed by atoms with Crippen LogP contribution in [0, 0.1) is 11.8 Å². The number of nitrogens with zero attached hydrogens (tertiary/aromatic N) is 3. The first-order valence-electron chi connectivity index (χ1n) is 6.04. The van der Waals surface area contributed by atoms with Crippen LogP contribution in [-0.4, -0.2) is 40.4 Å². The topological polar surface area (TPSA) is 41.3 Å². The maximum Gasteiger partial charge on any atom is 0.0998 e. The molecule has 0 spiro atoms. The van der Waals surface area contributed by atoms with Crippen molar-refractivity contribution >= 4 is 15.9 Å². The Morgan fingerprint density at radius 2 is 2.29 bits per heavy atom. The molecule has 1 saturated carbocycles. The Morgan fingerprint density at radius 1 is 1.65 bits per heavy atom. The Kier molecular flexibility index (Phi) is 3.90. The largest absolute Gasteiger partial charge is 0.386 e. The summed E-state index contributed by atoms with van der Waals surface area (Å²) in [6.07, 6.45) is 2.51. The molecule has 0 aliphatic heterocycles. The normalized spacial score (nSPS) is 25.3. The van der Waals surface area contributed by atoms with Crippen molar-refractivity contribution in [1.82, 2.24) is 14.7 Å². The number of hydrogen-bond donors (Lipinski definition) is 1. The molecule has 0 bridgehead atoms. The highest BCUT2D eigenvalue weighted by Gasteiger charge is 2.41. The van der Waals surface area contributed by atoms with Gasteiger partial charge < -0.3 is 10.0 Å². The van der Waals surface area contributed by atoms with Gasteiger partial charge in [0.05, 0.1) is 29.0 Å². The molecule has 1 aromatic heterocycles. The van der Waals surface area contributed by atoms with Crippen molar-refractivity contribution < 1.29 is 5.11 Å². The van der Waals surface area contributed by atoms with E-state index in [0.29, 0.717) is 11.8 Å². The highest BCUT2D eigenvalue weighted by molar-refractivity contribution is 9.10. The van der Waals surface area contributed by atoms with Gasteiger partial charge in [0.1, 0.15) is 0 Å². The van der Waals surface area contributed by atoms with Crippen LogP contribution in [0.2, 0.25) is 0 Å². The van der Waals surface area contributed by atoms with Crippen molar-refractivity contribution in [1.29, 1.82) is 0 Å². The Labute approximate surface area is 111 Å². The quantitative estimate of drug-likeness (QED) is 0.903. The molecular formula is C12H20BrN3O. The van der Waals surface area contributed by atoms with Gasteiger partial charge in [-0.2, -0.15) is 5.10 Å². The lowest BCUT2D eigenvalue weighted by atomic mass is 10.1. The SMILES string of the molecule is CC1CC1C(O)c1c(Br)cnn1CCN(C)C. The molecule has 2 rings (SSSR count). The summed E-state index contributed by atoms with van der Waals surface area (Å²) in [4.78, 5) is 2.12. The van der Waals surface area contributed by atoms with Crippen LogP contribution in [0.1, 0.15) is 25.1 Å². The van der Waals surface area contributed by atoms with Crippen molar-refractivity contribution in [3.05, 3.63) is 16.4 Å². The standard InChI is InChI=1S/C12H20BrN3O/c1-8-6-9(8)12(17)11-10(13)7-14-16(11)5-4-15(2)3/h7-9,12,17H,4-6H2,1-3H3. The molecule has 17 heavy (non-hydrogen) atoms. The number of rotatable bonds is 5. The van der Waals surface area contributed by atoms with E-state index in [1.807, 2.05) is 18.8 Å². The monoisotopic (exact) mass is 301 g/mol. The second-order valence-electron chi connectivity index (χ2n) is 5.23. The van der Waals surface area contributed by atoms with Crippen LogP contribution in [0.5, 0.6) is 0 Å². The van der Waals surface area contributed by atoms with Gasteiger partial charge in [-0.15, -0.1) is 0 Å². The van der Waals surface area contributed by atoms with Gasteiger partial charge >= 0.3 is 0 Å². The molecule has 0 radical (unpaired) electrons. The number of aliphatic hydroxyl groups excluding tert-OH is 1. The second kappa shape index (κ2) is 5.08. The predicted molar refractivity (Wildman–Crippen MR) is 70.7 cm³/mol. The summed E-state index contributed by atoms with van der Waals surface area (Å²) in [6.45, 7) is 3.92. The van der Waals surface area contributed by atoms with E-state index >= 15 is 0 Å². The zero-order valence-electron chi connectivity index (χ0n) is 10.6. The lowest BCUT2D eigenvalue weighted by molar-refractivity contribution is 0.135. The van der Waals surface area contributed by atoms with Crippen LogP contribution in [0.15, 0.2) is 10.7 Å². The first-order valence-corrected chi connectivity index (χ1v) is 6.84. The Balaban J connectivity index is 2.11. The average molecular weight is 302 g/mol. The number of hydrogen-bond acceptors (Lipinski definition) is 3. The van der Waals surface area contributed by atoms with Gasteiger partial charge in [-0.1, -0.05) is 6.92 Å². The molecular weight excluding hydrogens is 282 g/mol. The van der Waals surface area contributed by atoms with Gasteiger partial charge in [0.2, 0.25) is 0 Å². The molecule has 3 atom stereocenters. The molecule has 1 aromatic rings. The lowest BCUT2D eigenvalue weighted by Crippen LogP contribution is -2.21. The summed E-state index contributed by atoms with van der Waals surface area (Å²) in [6, 6.07) is 0. The van der Waals surface area contributed by atoms with E-state index in [4.69, 9.17) is 0 Å². The molecule has 0 amide bonds. The highest BCUT2D eigenvalue weighted by Crippen LogP contribution is 2.48. The van der Waals surface area contributed by atoms with E-state index in [9.17, 15) is 5.11 Å². The third-order valence-corrected chi connectivity index (χ3v) is 4.06. The lowest BCUT2D eigenvalue weighted by Gasteiger charge is -2.16. The van der Waals surface area contributed by atoms with E-state index in [-0.39, 0.29) is 6.10 Å². The van der Waals surface area contributed by atoms with E-state index in [1.54, 1.807) is 6.20 Å². The van der Waals surface area contributed by atoms with E-state index in [1.165, 1.54) is 0 Å². The molecule has 1 fully saturated rings. The summed E-state index contributed by atoms with van der Waals surface area (Å²) in [7, 11) is 4.08. The van der Waals surface area contributed by atoms with E-state index in [2.05, 4.69) is 32.9 Å². The molecule has 1 aliphatic carbocycles. The van der Waals surface area contributed by atoms with Gasteiger partial charge in [0.15, 0.2) is 0 Å². The summed E-state index contributed by atoms with van der Waals surface area (Å²) in [5, 5.41) is 14.7. The van der Waals surface area contributed by atoms with Crippen LogP contribution >= 0.6 is 15.9 Å². The van der Waals surface area contributed by atoms with E-state index in [0.717, 1.165) is 29.7 Å². The Hall–Kier alpha value is -0.390. The first-order chi connectivity index (χ1) is 8.00. The molecule has 1 heterocycles. The number of aromatic nitrogens is 2. The fourth-order valence-corrected chi connectivity index (χ4v) is 2.66. The van der Waals surface area contributed by atoms with E-state index < -0.39 is 0 Å². The van der Waals surface area contributed by atoms with Gasteiger partial charge in [0.25, 0.3) is 0 Å². The average Bonchev–Trinajstić information content (AvgIpc) is 2.86. The Morgan fingerprint density at radius 3 is 2.82 bits per heavy atom. The van der Waals surface area contributed by atoms with Crippen molar-refractivity contribution in [3.8, 4) is 0 Å². The molecule has 3 unspecified atom stereocenters. The van der Waals surface area contributed by atoms with Gasteiger partial charge in [0, 0.05) is 6.54 Å². The van der Waals surface area contributed by atoms with Crippen molar-refractivity contribution in [3.63, 3.8) is 0 Å². The molecule has 0 saturated heterocycles. The van der Waals surface area contributed by atoms with Gasteiger partial charge in [-0.3, -0.25) is 4.68 Å². The molecule has 5 heteroatoms. The van der Waals surface area contributed by atoms with Crippen LogP contribution in [0.4, 0.5) is 0 Å². The molecule has 0 aromatic carbocycles. The summed E-state index contributed by atoms with van der Waals surface area (Å²) in [5.74, 6) is 1.04. The van der Waals surface area contributed by atoms with Crippen LogP contribution in [0.3, 0.4) is 0 Å². The maximum absolute atomic E-state index is 10.3. The maximum atomic E-state index is 10.3. The minimum atomic E-state index is -0.385. The fraction of sp³-hybridized carbons (Fsp3) is 0.750. The van der Waals surface area contributed by atoms with Crippen LogP contribution in [-0.2, 0) is 6.54 Å². The molecule has 1 aliphatic rings. The fourth-order valence-electron chi connectivity index (χ4n) is 2.13. The Bertz CT molecular complexity index is 391. The summed E-state index contributed by atoms with van der Waals surface area (Å²) in [5.41, 5.74) is 0.932. The predicted octanol–water partition coefficient (Wildman–Crippen LogP) is 1.90. The van der Waals surface area contributed by atoms with Gasteiger partial charge in [-0.05, 0) is 48.3 Å². The van der Waals surface area contributed by atoms with Crippen LogP contribution in [0.25, 0.3) is 0 Å². The zero-order chi connectivity index (χ0) is 12.6. The third-order valence-electron chi connectivity index (χ3n) is 3.45. The first kappa shape index (κ1) is 13.1. The van der Waals surface area contributed by atoms with Gasteiger partial charge in [-0.25, -0.2) is 0 Å². The highest BCUT2D eigenvalue weighted by atomic mass is 79.9. The smallest absolute Gasteiger partial charge is 0.0998 e. The molecule has 96 valence electrons. The summed E-state index contributed by atoms with van der Waals surface area (Å²) < 4.78 is 2.84. The summed E-state index contributed by atoms with van der Waals surface area (Å²) >= 11 is 3.48. The minimum Gasteiger partial charge on any atom is -0.386 e. The van der Waals surface area contributed by atoms with Crippen LogP contribution < -0.4 is 0 Å². The number of aliphatic hydroxyl groups is 1. The van der Waals surface area contributed by atoms with Crippen molar-refractivity contribution in [2.24, 2.45) is 11.8 Å². The second-order valence-corrected chi connectivity index (χ2v) is 6.08. The van der Waals surface area contributed by atoms with Crippen molar-refractivity contribution in [2.75, 3.05) is 20.6 Å². The number of likely N-dealkylation sites (N-methyl/N-ethyl adjacent to an activating group) is 1. The minimum absolute atomic E-state index is 0.385. The van der Waals surface area contributed by atoms with Crippen molar-refractivity contribution in [2.45, 2.75) is 26.0 Å². The number of halogens is 1. The third kappa shape index (κ3) is 2.89. The molecule has 1 N–H and O–H groups in total. The molecule has 4 nitrogen and oxygen atoms in total.